The van der Waals surface area contributed by atoms with E-state index in [4.69, 9.17) is 5.73 Å². The summed E-state index contributed by atoms with van der Waals surface area (Å²) in [5.74, 6) is 1.42. The first-order valence-electron chi connectivity index (χ1n) is 5.47. The maximum absolute atomic E-state index is 6.05. The third-order valence-corrected chi connectivity index (χ3v) is 3.08. The Morgan fingerprint density at radius 2 is 2.33 bits per heavy atom. The third kappa shape index (κ3) is 2.26. The molecule has 1 aliphatic heterocycles. The molecule has 2 rings (SSSR count). The number of anilines is 1. The summed E-state index contributed by atoms with van der Waals surface area (Å²) in [6.45, 7) is 6.07. The monoisotopic (exact) mass is 206 g/mol. The van der Waals surface area contributed by atoms with Crippen molar-refractivity contribution in [3.63, 3.8) is 0 Å². The molecule has 0 spiro atoms. The van der Waals surface area contributed by atoms with Gasteiger partial charge in [-0.05, 0) is 25.3 Å². The van der Waals surface area contributed by atoms with Gasteiger partial charge in [-0.15, -0.1) is 0 Å². The molecular formula is C11H18N4. The molecular weight excluding hydrogens is 188 g/mol. The van der Waals surface area contributed by atoms with Gasteiger partial charge in [0.05, 0.1) is 0 Å². The summed E-state index contributed by atoms with van der Waals surface area (Å²) < 4.78 is 0. The number of piperidine rings is 1. The Bertz CT molecular complexity index is 339. The Hall–Kier alpha value is -1.16. The van der Waals surface area contributed by atoms with Gasteiger partial charge in [0.15, 0.2) is 0 Å². The van der Waals surface area contributed by atoms with Gasteiger partial charge in [0.2, 0.25) is 5.95 Å². The summed E-state index contributed by atoms with van der Waals surface area (Å²) in [5, 5.41) is 0. The van der Waals surface area contributed by atoms with E-state index < -0.39 is 0 Å². The van der Waals surface area contributed by atoms with E-state index >= 15 is 0 Å². The Morgan fingerprint density at radius 3 is 3.00 bits per heavy atom. The van der Waals surface area contributed by atoms with E-state index in [2.05, 4.69) is 21.8 Å². The fourth-order valence-electron chi connectivity index (χ4n) is 1.87. The second-order valence-electron chi connectivity index (χ2n) is 4.37. The first-order chi connectivity index (χ1) is 7.16. The summed E-state index contributed by atoms with van der Waals surface area (Å²) in [6.07, 6.45) is 2.93. The van der Waals surface area contributed by atoms with Crippen LogP contribution in [0, 0.1) is 12.8 Å². The van der Waals surface area contributed by atoms with Gasteiger partial charge < -0.3 is 10.6 Å². The molecule has 15 heavy (non-hydrogen) atoms. The highest BCUT2D eigenvalue weighted by molar-refractivity contribution is 5.31. The van der Waals surface area contributed by atoms with Crippen molar-refractivity contribution in [1.29, 1.82) is 0 Å². The predicted octanol–water partition coefficient (Wildman–Crippen LogP) is 0.959. The maximum Gasteiger partial charge on any atom is 0.225 e. The Morgan fingerprint density at radius 1 is 1.53 bits per heavy atom. The molecule has 2 heterocycles. The van der Waals surface area contributed by atoms with Gasteiger partial charge in [-0.25, -0.2) is 9.97 Å². The third-order valence-electron chi connectivity index (χ3n) is 3.08. The molecule has 1 aliphatic rings. The molecule has 2 atom stereocenters. The van der Waals surface area contributed by atoms with Gasteiger partial charge in [-0.3, -0.25) is 0 Å². The van der Waals surface area contributed by atoms with Crippen molar-refractivity contribution in [1.82, 2.24) is 9.97 Å². The highest BCUT2D eigenvalue weighted by Gasteiger charge is 2.24. The van der Waals surface area contributed by atoms with Crippen molar-refractivity contribution in [2.75, 3.05) is 18.0 Å². The van der Waals surface area contributed by atoms with Gasteiger partial charge in [-0.2, -0.15) is 0 Å². The number of hydrogen-bond acceptors (Lipinski definition) is 4. The van der Waals surface area contributed by atoms with Crippen LogP contribution in [0.2, 0.25) is 0 Å². The van der Waals surface area contributed by atoms with Gasteiger partial charge in [-0.1, -0.05) is 6.92 Å². The Labute approximate surface area is 90.5 Å². The summed E-state index contributed by atoms with van der Waals surface area (Å²) >= 11 is 0. The van der Waals surface area contributed by atoms with E-state index in [1.54, 1.807) is 6.20 Å². The van der Waals surface area contributed by atoms with Crippen LogP contribution in [0.15, 0.2) is 12.3 Å². The topological polar surface area (TPSA) is 55.0 Å². The molecule has 2 unspecified atom stereocenters. The number of rotatable bonds is 1. The molecule has 82 valence electrons. The quantitative estimate of drug-likeness (QED) is 0.743. The van der Waals surface area contributed by atoms with Crippen LogP contribution in [-0.2, 0) is 0 Å². The van der Waals surface area contributed by atoms with Crippen LogP contribution in [-0.4, -0.2) is 29.1 Å². The van der Waals surface area contributed by atoms with Crippen LogP contribution in [0.25, 0.3) is 0 Å². The minimum Gasteiger partial charge on any atom is -0.339 e. The van der Waals surface area contributed by atoms with Crippen molar-refractivity contribution in [3.05, 3.63) is 18.0 Å². The van der Waals surface area contributed by atoms with Crippen molar-refractivity contribution in [3.8, 4) is 0 Å². The average molecular weight is 206 g/mol. The van der Waals surface area contributed by atoms with Crippen molar-refractivity contribution < 1.29 is 0 Å². The maximum atomic E-state index is 6.05. The van der Waals surface area contributed by atoms with E-state index in [0.717, 1.165) is 31.2 Å². The van der Waals surface area contributed by atoms with Crippen LogP contribution < -0.4 is 10.6 Å². The van der Waals surface area contributed by atoms with E-state index in [-0.39, 0.29) is 6.04 Å². The molecule has 1 aromatic heterocycles. The highest BCUT2D eigenvalue weighted by Crippen LogP contribution is 2.19. The Balaban J connectivity index is 2.12. The zero-order valence-corrected chi connectivity index (χ0v) is 9.35. The zero-order valence-electron chi connectivity index (χ0n) is 9.35. The first kappa shape index (κ1) is 10.4. The molecule has 4 nitrogen and oxygen atoms in total. The smallest absolute Gasteiger partial charge is 0.225 e. The Kier molecular flexibility index (Phi) is 2.86. The number of nitrogens with two attached hydrogens (primary N) is 1. The summed E-state index contributed by atoms with van der Waals surface area (Å²) in [7, 11) is 0. The molecule has 1 saturated heterocycles. The molecule has 4 heteroatoms. The SMILES string of the molecule is Cc1ccnc(N2CCC(C)C(N)C2)n1. The normalized spacial score (nSPS) is 26.7. The van der Waals surface area contributed by atoms with Gasteiger partial charge in [0.25, 0.3) is 0 Å². The van der Waals surface area contributed by atoms with Crippen LogP contribution in [0.5, 0.6) is 0 Å². The molecule has 0 aliphatic carbocycles. The minimum atomic E-state index is 0.239. The van der Waals surface area contributed by atoms with Crippen LogP contribution in [0.3, 0.4) is 0 Å². The number of nitrogens with zero attached hydrogens (tertiary/aromatic N) is 3. The van der Waals surface area contributed by atoms with Gasteiger partial charge >= 0.3 is 0 Å². The molecule has 0 bridgehead atoms. The minimum absolute atomic E-state index is 0.239. The standard InChI is InChI=1S/C11H18N4/c1-8-4-6-15(7-10(8)12)11-13-5-3-9(2)14-11/h3,5,8,10H,4,6-7,12H2,1-2H3. The molecule has 0 amide bonds. The molecule has 0 saturated carbocycles. The lowest BCUT2D eigenvalue weighted by Gasteiger charge is -2.35. The van der Waals surface area contributed by atoms with E-state index in [1.807, 2.05) is 13.0 Å². The van der Waals surface area contributed by atoms with E-state index in [0.29, 0.717) is 5.92 Å². The number of aromatic nitrogens is 2. The lowest BCUT2D eigenvalue weighted by molar-refractivity contribution is 0.376. The zero-order chi connectivity index (χ0) is 10.8. The summed E-state index contributed by atoms with van der Waals surface area (Å²) in [6, 6.07) is 2.15. The molecule has 2 N–H and O–H groups in total. The molecule has 0 aromatic carbocycles. The number of hydrogen-bond donors (Lipinski definition) is 1. The second-order valence-corrected chi connectivity index (χ2v) is 4.37. The fraction of sp³-hybridized carbons (Fsp3) is 0.636. The van der Waals surface area contributed by atoms with E-state index in [9.17, 15) is 0 Å². The van der Waals surface area contributed by atoms with E-state index in [1.165, 1.54) is 0 Å². The van der Waals surface area contributed by atoms with Crippen LogP contribution >= 0.6 is 0 Å². The van der Waals surface area contributed by atoms with Crippen LogP contribution in [0.1, 0.15) is 19.0 Å². The fourth-order valence-corrected chi connectivity index (χ4v) is 1.87. The highest BCUT2D eigenvalue weighted by atomic mass is 15.3. The lowest BCUT2D eigenvalue weighted by atomic mass is 9.94. The van der Waals surface area contributed by atoms with Crippen molar-refractivity contribution in [2.45, 2.75) is 26.3 Å². The summed E-state index contributed by atoms with van der Waals surface area (Å²) in [4.78, 5) is 10.9. The lowest BCUT2D eigenvalue weighted by Crippen LogP contribution is -2.48. The van der Waals surface area contributed by atoms with Crippen molar-refractivity contribution in [2.24, 2.45) is 11.7 Å². The first-order valence-corrected chi connectivity index (χ1v) is 5.47. The van der Waals surface area contributed by atoms with Gasteiger partial charge in [0, 0.05) is 31.0 Å². The molecule has 0 radical (unpaired) electrons. The molecule has 1 fully saturated rings. The average Bonchev–Trinajstić information content (AvgIpc) is 2.22. The predicted molar refractivity (Wildman–Crippen MR) is 60.7 cm³/mol. The number of aryl methyl sites for hydroxylation is 1. The van der Waals surface area contributed by atoms with Crippen molar-refractivity contribution >= 4 is 5.95 Å². The molecule has 1 aromatic rings. The largest absolute Gasteiger partial charge is 0.339 e. The van der Waals surface area contributed by atoms with Gasteiger partial charge in [0.1, 0.15) is 0 Å². The second kappa shape index (κ2) is 4.14. The van der Waals surface area contributed by atoms with Crippen LogP contribution in [0.4, 0.5) is 5.95 Å². The summed E-state index contributed by atoms with van der Waals surface area (Å²) in [5.41, 5.74) is 7.05.